The van der Waals surface area contributed by atoms with Crippen LogP contribution in [0.25, 0.3) is 0 Å². The summed E-state index contributed by atoms with van der Waals surface area (Å²) in [6.07, 6.45) is 2.97. The number of hydrogen-bond acceptors (Lipinski definition) is 3. The molecule has 2 rings (SSSR count). The Balaban J connectivity index is 2.06. The van der Waals surface area contributed by atoms with Crippen LogP contribution in [0.4, 0.5) is 0 Å². The molecule has 6 heteroatoms. The number of benzene rings is 1. The fourth-order valence-electron chi connectivity index (χ4n) is 2.30. The van der Waals surface area contributed by atoms with Gasteiger partial charge in [-0.15, -0.1) is 6.58 Å². The second kappa shape index (κ2) is 7.07. The van der Waals surface area contributed by atoms with E-state index in [1.54, 1.807) is 0 Å². The van der Waals surface area contributed by atoms with Gasteiger partial charge >= 0.3 is 5.97 Å². The van der Waals surface area contributed by atoms with Crippen molar-refractivity contribution in [1.82, 2.24) is 5.32 Å². The normalized spacial score (nSPS) is 16.6. The van der Waals surface area contributed by atoms with E-state index in [0.717, 1.165) is 22.9 Å². The first-order valence-electron chi connectivity index (χ1n) is 6.98. The van der Waals surface area contributed by atoms with E-state index in [9.17, 15) is 14.7 Å². The molecule has 22 heavy (non-hydrogen) atoms. The Kier molecular flexibility index (Phi) is 5.37. The van der Waals surface area contributed by atoms with Gasteiger partial charge in [0.15, 0.2) is 6.04 Å². The average Bonchev–Trinajstić information content (AvgIpc) is 3.28. The molecule has 1 aromatic carbocycles. The van der Waals surface area contributed by atoms with Crippen molar-refractivity contribution in [3.8, 4) is 0 Å². The zero-order chi connectivity index (χ0) is 16.2. The molecule has 0 saturated heterocycles. The van der Waals surface area contributed by atoms with Crippen LogP contribution in [0.1, 0.15) is 18.4 Å². The van der Waals surface area contributed by atoms with Gasteiger partial charge in [0.2, 0.25) is 5.91 Å². The molecule has 0 aromatic heterocycles. The second-order valence-corrected chi connectivity index (χ2v) is 6.20. The summed E-state index contributed by atoms with van der Waals surface area (Å²) >= 11 is 3.39. The maximum Gasteiger partial charge on any atom is 0.328 e. The molecule has 1 aliphatic rings. The first-order valence-corrected chi connectivity index (χ1v) is 7.77. The third-order valence-electron chi connectivity index (χ3n) is 3.69. The van der Waals surface area contributed by atoms with Gasteiger partial charge in [0, 0.05) is 4.47 Å². The van der Waals surface area contributed by atoms with E-state index in [1.165, 1.54) is 6.08 Å². The molecular weight excluding hydrogens is 350 g/mol. The monoisotopic (exact) mass is 367 g/mol. The summed E-state index contributed by atoms with van der Waals surface area (Å²) in [6, 6.07) is 6.49. The number of carboxylic acid groups (broad SMARTS) is 1. The number of carbonyl (C=O) groups excluding carboxylic acids is 1. The van der Waals surface area contributed by atoms with Crippen LogP contribution in [0.3, 0.4) is 0 Å². The summed E-state index contributed by atoms with van der Waals surface area (Å²) in [4.78, 5) is 23.8. The van der Waals surface area contributed by atoms with Crippen LogP contribution in [0, 0.1) is 0 Å². The first-order chi connectivity index (χ1) is 10.5. The molecule has 1 unspecified atom stereocenters. The molecule has 0 aliphatic heterocycles. The standard InChI is InChI=1S/C16H18BrNO4/c1-2-8-22-10-13(14(19)20)18-15(21)16(6-7-16)11-4-3-5-12(17)9-11/h2-5,9,13H,1,6-8,10H2,(H,18,21)(H,19,20). The van der Waals surface area contributed by atoms with E-state index < -0.39 is 17.4 Å². The molecule has 1 aliphatic carbocycles. The highest BCUT2D eigenvalue weighted by Gasteiger charge is 2.52. The Labute approximate surface area is 137 Å². The molecule has 1 amide bonds. The number of carboxylic acids is 1. The summed E-state index contributed by atoms with van der Waals surface area (Å²) in [5.74, 6) is -1.37. The number of hydrogen-bond donors (Lipinski definition) is 2. The minimum absolute atomic E-state index is 0.0817. The van der Waals surface area contributed by atoms with Crippen molar-refractivity contribution in [2.24, 2.45) is 0 Å². The first kappa shape index (κ1) is 16.7. The fraction of sp³-hybridized carbons (Fsp3) is 0.375. The summed E-state index contributed by atoms with van der Waals surface area (Å²) in [5.41, 5.74) is 0.283. The molecule has 1 fully saturated rings. The molecule has 5 nitrogen and oxygen atoms in total. The number of nitrogens with one attached hydrogen (secondary N) is 1. The van der Waals surface area contributed by atoms with Gasteiger partial charge in [-0.25, -0.2) is 4.79 Å². The highest BCUT2D eigenvalue weighted by molar-refractivity contribution is 9.10. The van der Waals surface area contributed by atoms with Crippen LogP contribution in [-0.2, 0) is 19.7 Å². The van der Waals surface area contributed by atoms with Crippen molar-refractivity contribution in [2.75, 3.05) is 13.2 Å². The Morgan fingerprint density at radius 3 is 2.77 bits per heavy atom. The highest BCUT2D eigenvalue weighted by Crippen LogP contribution is 2.48. The van der Waals surface area contributed by atoms with Gasteiger partial charge in [0.05, 0.1) is 18.6 Å². The molecule has 1 saturated carbocycles. The van der Waals surface area contributed by atoms with Crippen LogP contribution in [0.5, 0.6) is 0 Å². The van der Waals surface area contributed by atoms with Crippen molar-refractivity contribution < 1.29 is 19.4 Å². The number of carbonyl (C=O) groups is 2. The van der Waals surface area contributed by atoms with Gasteiger partial charge in [-0.05, 0) is 30.5 Å². The average molecular weight is 368 g/mol. The van der Waals surface area contributed by atoms with Gasteiger partial charge in [0.25, 0.3) is 0 Å². The number of halogens is 1. The Morgan fingerprint density at radius 1 is 1.50 bits per heavy atom. The molecular formula is C16H18BrNO4. The van der Waals surface area contributed by atoms with Gasteiger partial charge in [-0.2, -0.15) is 0 Å². The molecule has 0 spiro atoms. The van der Waals surface area contributed by atoms with Gasteiger partial charge < -0.3 is 15.2 Å². The van der Waals surface area contributed by atoms with Gasteiger partial charge in [0.1, 0.15) is 0 Å². The van der Waals surface area contributed by atoms with E-state index in [-0.39, 0.29) is 19.1 Å². The number of amides is 1. The third-order valence-corrected chi connectivity index (χ3v) is 4.18. The fourth-order valence-corrected chi connectivity index (χ4v) is 2.70. The van der Waals surface area contributed by atoms with Crippen LogP contribution in [-0.4, -0.2) is 36.2 Å². The minimum atomic E-state index is -1.11. The lowest BCUT2D eigenvalue weighted by Gasteiger charge is -2.20. The van der Waals surface area contributed by atoms with Crippen molar-refractivity contribution in [1.29, 1.82) is 0 Å². The smallest absolute Gasteiger partial charge is 0.328 e. The number of aliphatic carboxylic acids is 1. The van der Waals surface area contributed by atoms with Gasteiger partial charge in [-0.1, -0.05) is 34.1 Å². The lowest BCUT2D eigenvalue weighted by molar-refractivity contribution is -0.143. The summed E-state index contributed by atoms with van der Waals surface area (Å²) in [5, 5.41) is 11.8. The molecule has 1 atom stereocenters. The van der Waals surface area contributed by atoms with Crippen LogP contribution >= 0.6 is 15.9 Å². The maximum absolute atomic E-state index is 12.5. The van der Waals surface area contributed by atoms with Crippen molar-refractivity contribution in [2.45, 2.75) is 24.3 Å². The van der Waals surface area contributed by atoms with E-state index in [4.69, 9.17) is 4.74 Å². The topological polar surface area (TPSA) is 75.6 Å². The zero-order valence-corrected chi connectivity index (χ0v) is 13.6. The summed E-state index contributed by atoms with van der Waals surface area (Å²) in [7, 11) is 0. The maximum atomic E-state index is 12.5. The second-order valence-electron chi connectivity index (χ2n) is 5.28. The summed E-state index contributed by atoms with van der Waals surface area (Å²) in [6.45, 7) is 3.66. The molecule has 118 valence electrons. The van der Waals surface area contributed by atoms with Crippen LogP contribution in [0.2, 0.25) is 0 Å². The predicted molar refractivity (Wildman–Crippen MR) is 85.6 cm³/mol. The lowest BCUT2D eigenvalue weighted by atomic mass is 9.94. The molecule has 0 bridgehead atoms. The van der Waals surface area contributed by atoms with Crippen molar-refractivity contribution >= 4 is 27.8 Å². The minimum Gasteiger partial charge on any atom is -0.480 e. The molecule has 1 aromatic rings. The van der Waals surface area contributed by atoms with Crippen LogP contribution in [0.15, 0.2) is 41.4 Å². The lowest BCUT2D eigenvalue weighted by Crippen LogP contribution is -2.48. The van der Waals surface area contributed by atoms with Gasteiger partial charge in [-0.3, -0.25) is 4.79 Å². The quantitative estimate of drug-likeness (QED) is 0.545. The predicted octanol–water partition coefficient (Wildman–Crippen LogP) is 2.25. The third kappa shape index (κ3) is 3.75. The van der Waals surface area contributed by atoms with E-state index >= 15 is 0 Å². The Hall–Kier alpha value is -1.66. The highest BCUT2D eigenvalue weighted by atomic mass is 79.9. The Morgan fingerprint density at radius 2 is 2.23 bits per heavy atom. The molecule has 0 radical (unpaired) electrons. The zero-order valence-electron chi connectivity index (χ0n) is 12.0. The Bertz CT molecular complexity index is 583. The van der Waals surface area contributed by atoms with E-state index in [0.29, 0.717) is 0 Å². The van der Waals surface area contributed by atoms with E-state index in [1.807, 2.05) is 24.3 Å². The number of rotatable bonds is 8. The SMILES string of the molecule is C=CCOCC(NC(=O)C1(c2cccc(Br)c2)CC1)C(=O)O. The van der Waals surface area contributed by atoms with Crippen molar-refractivity contribution in [3.05, 3.63) is 47.0 Å². The van der Waals surface area contributed by atoms with Crippen molar-refractivity contribution in [3.63, 3.8) is 0 Å². The van der Waals surface area contributed by atoms with Crippen LogP contribution < -0.4 is 5.32 Å². The number of ether oxygens (including phenoxy) is 1. The van der Waals surface area contributed by atoms with E-state index in [2.05, 4.69) is 27.8 Å². The molecule has 2 N–H and O–H groups in total. The molecule has 0 heterocycles. The largest absolute Gasteiger partial charge is 0.480 e. The summed E-state index contributed by atoms with van der Waals surface area (Å²) < 4.78 is 6.04.